The summed E-state index contributed by atoms with van der Waals surface area (Å²) in [5.41, 5.74) is 2.47. The number of carbonyl (C=O) groups is 2. The van der Waals surface area contributed by atoms with E-state index in [0.717, 1.165) is 0 Å². The van der Waals surface area contributed by atoms with Crippen LogP contribution in [-0.4, -0.2) is 21.4 Å². The fourth-order valence-corrected chi connectivity index (χ4v) is 3.59. The van der Waals surface area contributed by atoms with Crippen molar-refractivity contribution in [3.63, 3.8) is 0 Å². The molecule has 0 spiro atoms. The molecular weight excluding hydrogens is 404 g/mol. The van der Waals surface area contributed by atoms with E-state index in [-0.39, 0.29) is 17.5 Å². The molecule has 4 rings (SSSR count). The monoisotopic (exact) mass is 426 g/mol. The number of nitrogens with zero attached hydrogens (tertiary/aromatic N) is 2. The molecule has 0 bridgehead atoms. The molecule has 0 saturated carbocycles. The molecule has 0 radical (unpaired) electrons. The number of carbonyl (C=O) groups excluding carboxylic acids is 2. The predicted molar refractivity (Wildman–Crippen MR) is 126 cm³/mol. The normalized spacial score (nSPS) is 11.7. The maximum Gasteiger partial charge on any atom is 0.278 e. The third-order valence-electron chi connectivity index (χ3n) is 5.10. The van der Waals surface area contributed by atoms with Crippen molar-refractivity contribution in [2.24, 2.45) is 0 Å². The second-order valence-electron chi connectivity index (χ2n) is 7.38. The van der Waals surface area contributed by atoms with Crippen LogP contribution in [0.5, 0.6) is 0 Å². The molecule has 3 aromatic carbocycles. The molecule has 7 nitrogen and oxygen atoms in total. The molecule has 2 amide bonds. The fraction of sp³-hybridized carbons (Fsp3) is 0.120. The first-order chi connectivity index (χ1) is 15.5. The molecule has 7 heteroatoms. The van der Waals surface area contributed by atoms with Crippen molar-refractivity contribution < 1.29 is 9.59 Å². The topological polar surface area (TPSA) is 93.1 Å². The molecule has 1 atom stereocenters. The van der Waals surface area contributed by atoms with Gasteiger partial charge in [-0.15, -0.1) is 0 Å². The zero-order valence-corrected chi connectivity index (χ0v) is 17.7. The molecule has 2 N–H and O–H groups in total. The summed E-state index contributed by atoms with van der Waals surface area (Å²) in [5, 5.41) is 5.60. The molecular formula is C25H22N4O3. The maximum atomic E-state index is 13.6. The van der Waals surface area contributed by atoms with E-state index < -0.39 is 11.6 Å². The number of hydrogen-bond acceptors (Lipinski definition) is 4. The van der Waals surface area contributed by atoms with Crippen molar-refractivity contribution in [1.29, 1.82) is 0 Å². The maximum absolute atomic E-state index is 13.6. The highest BCUT2D eigenvalue weighted by atomic mass is 16.2. The van der Waals surface area contributed by atoms with E-state index in [1.54, 1.807) is 61.5 Å². The summed E-state index contributed by atoms with van der Waals surface area (Å²) in [6, 6.07) is 22.4. The number of fused-ring (bicyclic) bond motifs is 1. The first-order valence-electron chi connectivity index (χ1n) is 10.2. The minimum absolute atomic E-state index is 0.160. The Labute approximate surface area is 184 Å². The number of anilines is 2. The highest BCUT2D eigenvalue weighted by Gasteiger charge is 2.23. The van der Waals surface area contributed by atoms with E-state index in [2.05, 4.69) is 15.6 Å². The molecule has 1 heterocycles. The van der Waals surface area contributed by atoms with Crippen LogP contribution in [0.4, 0.5) is 11.4 Å². The van der Waals surface area contributed by atoms with E-state index in [9.17, 15) is 14.4 Å². The van der Waals surface area contributed by atoms with Crippen molar-refractivity contribution >= 4 is 34.2 Å². The number of nitrogens with one attached hydrogen (secondary N) is 2. The van der Waals surface area contributed by atoms with Crippen molar-refractivity contribution in [2.45, 2.75) is 19.9 Å². The van der Waals surface area contributed by atoms with Gasteiger partial charge in [0, 0.05) is 18.2 Å². The summed E-state index contributed by atoms with van der Waals surface area (Å²) in [6.45, 7) is 3.08. The van der Waals surface area contributed by atoms with Gasteiger partial charge in [0.25, 0.3) is 5.56 Å². The van der Waals surface area contributed by atoms with Gasteiger partial charge in [-0.3, -0.25) is 19.0 Å². The van der Waals surface area contributed by atoms with Crippen LogP contribution < -0.4 is 16.2 Å². The Hall–Kier alpha value is -4.26. The second-order valence-corrected chi connectivity index (χ2v) is 7.38. The van der Waals surface area contributed by atoms with Gasteiger partial charge in [0.15, 0.2) is 0 Å². The number of aromatic nitrogens is 2. The van der Waals surface area contributed by atoms with Crippen LogP contribution >= 0.6 is 0 Å². The number of benzene rings is 3. The number of hydrogen-bond donors (Lipinski definition) is 2. The van der Waals surface area contributed by atoms with Crippen LogP contribution in [0.15, 0.2) is 83.7 Å². The lowest BCUT2D eigenvalue weighted by molar-refractivity contribution is -0.118. The molecule has 0 saturated heterocycles. The Morgan fingerprint density at radius 2 is 1.53 bits per heavy atom. The summed E-state index contributed by atoms with van der Waals surface area (Å²) in [4.78, 5) is 42.9. The summed E-state index contributed by atoms with van der Waals surface area (Å²) < 4.78 is 1.44. The minimum atomic E-state index is -0.803. The van der Waals surface area contributed by atoms with E-state index >= 15 is 0 Å². The van der Waals surface area contributed by atoms with Crippen LogP contribution in [-0.2, 0) is 9.59 Å². The summed E-state index contributed by atoms with van der Waals surface area (Å²) in [5.74, 6) is -0.579. The Balaban J connectivity index is 1.87. The SMILES string of the molecule is CC(=O)Nc1ccccc1-c1nc2ccccc2n([C@H](C)C(=O)Nc2ccccc2)c1=O. The molecule has 160 valence electrons. The lowest BCUT2D eigenvalue weighted by Crippen LogP contribution is -2.33. The summed E-state index contributed by atoms with van der Waals surface area (Å²) in [6.07, 6.45) is 0. The molecule has 0 unspecified atom stereocenters. The predicted octanol–water partition coefficient (Wildman–Crippen LogP) is 4.22. The van der Waals surface area contributed by atoms with Crippen LogP contribution in [0.1, 0.15) is 19.9 Å². The molecule has 0 aliphatic heterocycles. The Bertz CT molecular complexity index is 1360. The largest absolute Gasteiger partial charge is 0.326 e. The highest BCUT2D eigenvalue weighted by molar-refractivity contribution is 5.96. The average molecular weight is 426 g/mol. The molecule has 1 aromatic heterocycles. The van der Waals surface area contributed by atoms with Gasteiger partial charge >= 0.3 is 0 Å². The van der Waals surface area contributed by atoms with Gasteiger partial charge in [-0.05, 0) is 37.3 Å². The van der Waals surface area contributed by atoms with Gasteiger partial charge in [0.2, 0.25) is 11.8 Å². The minimum Gasteiger partial charge on any atom is -0.326 e. The van der Waals surface area contributed by atoms with Gasteiger partial charge < -0.3 is 10.6 Å². The van der Waals surface area contributed by atoms with Crippen molar-refractivity contribution in [3.8, 4) is 11.3 Å². The van der Waals surface area contributed by atoms with Crippen LogP contribution in [0.3, 0.4) is 0 Å². The third-order valence-corrected chi connectivity index (χ3v) is 5.10. The van der Waals surface area contributed by atoms with Gasteiger partial charge in [0.1, 0.15) is 11.7 Å². The van der Waals surface area contributed by atoms with Gasteiger partial charge in [-0.1, -0.05) is 48.5 Å². The number of para-hydroxylation sites is 4. The van der Waals surface area contributed by atoms with Gasteiger partial charge in [-0.25, -0.2) is 4.98 Å². The third kappa shape index (κ3) is 4.13. The molecule has 0 aliphatic rings. The quantitative estimate of drug-likeness (QED) is 0.500. The second kappa shape index (κ2) is 8.85. The smallest absolute Gasteiger partial charge is 0.278 e. The number of rotatable bonds is 5. The van der Waals surface area contributed by atoms with E-state index in [1.165, 1.54) is 11.5 Å². The standard InChI is InChI=1S/C25H22N4O3/c1-16(24(31)27-18-10-4-3-5-11-18)29-22-15-9-8-14-21(22)28-23(25(29)32)19-12-6-7-13-20(19)26-17(2)30/h3-16H,1-2H3,(H,26,30)(H,27,31)/t16-/m1/s1. The fourth-order valence-electron chi connectivity index (χ4n) is 3.59. The van der Waals surface area contributed by atoms with E-state index in [0.29, 0.717) is 28.0 Å². The van der Waals surface area contributed by atoms with E-state index in [4.69, 9.17) is 0 Å². The van der Waals surface area contributed by atoms with E-state index in [1.807, 2.05) is 24.3 Å². The molecule has 4 aromatic rings. The lowest BCUT2D eigenvalue weighted by atomic mass is 10.1. The Kier molecular flexibility index (Phi) is 5.81. The van der Waals surface area contributed by atoms with Crippen molar-refractivity contribution in [2.75, 3.05) is 10.6 Å². The molecule has 32 heavy (non-hydrogen) atoms. The first-order valence-corrected chi connectivity index (χ1v) is 10.2. The average Bonchev–Trinajstić information content (AvgIpc) is 2.79. The van der Waals surface area contributed by atoms with Crippen molar-refractivity contribution in [3.05, 3.63) is 89.2 Å². The zero-order chi connectivity index (χ0) is 22.7. The Morgan fingerprint density at radius 3 is 2.28 bits per heavy atom. The number of amides is 2. The first kappa shape index (κ1) is 21.0. The van der Waals surface area contributed by atoms with Crippen LogP contribution in [0, 0.1) is 0 Å². The van der Waals surface area contributed by atoms with Crippen LogP contribution in [0.2, 0.25) is 0 Å². The lowest BCUT2D eigenvalue weighted by Gasteiger charge is -2.19. The summed E-state index contributed by atoms with van der Waals surface area (Å²) >= 11 is 0. The zero-order valence-electron chi connectivity index (χ0n) is 17.7. The van der Waals surface area contributed by atoms with Crippen LogP contribution in [0.25, 0.3) is 22.3 Å². The Morgan fingerprint density at radius 1 is 0.875 bits per heavy atom. The van der Waals surface area contributed by atoms with Crippen molar-refractivity contribution in [1.82, 2.24) is 9.55 Å². The molecule has 0 aliphatic carbocycles. The van der Waals surface area contributed by atoms with Gasteiger partial charge in [0.05, 0.1) is 16.7 Å². The summed E-state index contributed by atoms with van der Waals surface area (Å²) in [7, 11) is 0. The van der Waals surface area contributed by atoms with Gasteiger partial charge in [-0.2, -0.15) is 0 Å². The molecule has 0 fully saturated rings. The highest BCUT2D eigenvalue weighted by Crippen LogP contribution is 2.27.